The monoisotopic (exact) mass is 351 g/mol. The molecule has 0 atom stereocenters. The van der Waals surface area contributed by atoms with Crippen LogP contribution in [0, 0.1) is 6.92 Å². The highest BCUT2D eigenvalue weighted by molar-refractivity contribution is 7.99. The van der Waals surface area contributed by atoms with Crippen molar-refractivity contribution in [3.8, 4) is 0 Å². The van der Waals surface area contributed by atoms with Crippen molar-refractivity contribution >= 4 is 39.3 Å². The maximum absolute atomic E-state index is 12.1. The largest absolute Gasteiger partial charge is 0.462 e. The van der Waals surface area contributed by atoms with E-state index >= 15 is 0 Å². The number of likely N-dealkylation sites (tertiary alicyclic amines) is 1. The third-order valence-electron chi connectivity index (χ3n) is 4.00. The van der Waals surface area contributed by atoms with Crippen molar-refractivity contribution in [3.05, 3.63) is 16.8 Å². The average molecular weight is 351 g/mol. The summed E-state index contributed by atoms with van der Waals surface area (Å²) in [4.78, 5) is 24.8. The zero-order valence-corrected chi connectivity index (χ0v) is 15.1. The van der Waals surface area contributed by atoms with Gasteiger partial charge in [0.25, 0.3) is 0 Å². The van der Waals surface area contributed by atoms with Crippen molar-refractivity contribution in [2.24, 2.45) is 0 Å². The predicted octanol–water partition coefficient (Wildman–Crippen LogP) is 3.36. The van der Waals surface area contributed by atoms with Gasteiger partial charge in [-0.3, -0.25) is 0 Å². The summed E-state index contributed by atoms with van der Waals surface area (Å²) in [7, 11) is 0. The minimum atomic E-state index is -0.263. The van der Waals surface area contributed by atoms with Gasteiger partial charge in [0.1, 0.15) is 21.1 Å². The summed E-state index contributed by atoms with van der Waals surface area (Å²) in [5.74, 6) is 0.747. The number of hydrogen-bond acceptors (Lipinski definition) is 7. The summed E-state index contributed by atoms with van der Waals surface area (Å²) in [5.41, 5.74) is 0.938. The topological polar surface area (TPSA) is 55.3 Å². The highest BCUT2D eigenvalue weighted by atomic mass is 32.2. The lowest BCUT2D eigenvalue weighted by molar-refractivity contribution is 0.0531. The highest BCUT2D eigenvalue weighted by Gasteiger charge is 2.20. The Kier molecular flexibility index (Phi) is 5.50. The molecular weight excluding hydrogens is 330 g/mol. The first-order valence-electron chi connectivity index (χ1n) is 7.97. The van der Waals surface area contributed by atoms with Gasteiger partial charge in [-0.15, -0.1) is 23.1 Å². The molecule has 0 radical (unpaired) electrons. The van der Waals surface area contributed by atoms with Gasteiger partial charge in [0.15, 0.2) is 0 Å². The number of esters is 1. The van der Waals surface area contributed by atoms with E-state index in [2.05, 4.69) is 14.9 Å². The van der Waals surface area contributed by atoms with Gasteiger partial charge in [-0.2, -0.15) is 0 Å². The zero-order chi connectivity index (χ0) is 16.2. The Balaban J connectivity index is 1.78. The summed E-state index contributed by atoms with van der Waals surface area (Å²) in [6.45, 7) is 7.67. The third-order valence-corrected chi connectivity index (χ3v) is 6.15. The van der Waals surface area contributed by atoms with Crippen molar-refractivity contribution in [1.29, 1.82) is 0 Å². The van der Waals surface area contributed by atoms with Crippen molar-refractivity contribution in [3.63, 3.8) is 0 Å². The van der Waals surface area contributed by atoms with E-state index in [1.807, 2.05) is 13.8 Å². The van der Waals surface area contributed by atoms with Gasteiger partial charge < -0.3 is 9.64 Å². The van der Waals surface area contributed by atoms with Crippen LogP contribution in [0.3, 0.4) is 0 Å². The van der Waals surface area contributed by atoms with Crippen LogP contribution >= 0.6 is 23.1 Å². The number of aryl methyl sites for hydroxylation is 1. The van der Waals surface area contributed by atoms with Gasteiger partial charge in [-0.25, -0.2) is 14.8 Å². The molecule has 3 rings (SSSR count). The first kappa shape index (κ1) is 16.7. The lowest BCUT2D eigenvalue weighted by Crippen LogP contribution is -2.21. The van der Waals surface area contributed by atoms with E-state index in [9.17, 15) is 4.79 Å². The molecule has 2 aromatic heterocycles. The fourth-order valence-electron chi connectivity index (χ4n) is 2.82. The molecule has 0 spiro atoms. The van der Waals surface area contributed by atoms with Crippen molar-refractivity contribution in [2.45, 2.75) is 31.7 Å². The summed E-state index contributed by atoms with van der Waals surface area (Å²) < 4.78 is 5.14. The van der Waals surface area contributed by atoms with Gasteiger partial charge in [0.05, 0.1) is 6.61 Å². The number of fused-ring (bicyclic) bond motifs is 1. The number of ether oxygens (including phenoxy) is 1. The smallest absolute Gasteiger partial charge is 0.348 e. The molecule has 0 saturated carbocycles. The van der Waals surface area contributed by atoms with E-state index in [1.165, 1.54) is 37.3 Å². The molecule has 0 aromatic carbocycles. The molecular formula is C16H21N3O2S2. The Morgan fingerprint density at radius 2 is 2.17 bits per heavy atom. The second kappa shape index (κ2) is 7.59. The van der Waals surface area contributed by atoms with Gasteiger partial charge >= 0.3 is 5.97 Å². The number of carbonyl (C=O) groups is 1. The molecule has 7 heteroatoms. The molecule has 5 nitrogen and oxygen atoms in total. The molecule has 0 aliphatic carbocycles. The Bertz CT molecular complexity index is 696. The molecule has 3 heterocycles. The summed E-state index contributed by atoms with van der Waals surface area (Å²) in [6.07, 6.45) is 4.22. The van der Waals surface area contributed by atoms with E-state index in [1.54, 1.807) is 18.1 Å². The first-order valence-corrected chi connectivity index (χ1v) is 9.77. The lowest BCUT2D eigenvalue weighted by Gasteiger charge is -2.13. The molecule has 0 amide bonds. The number of aromatic nitrogens is 2. The van der Waals surface area contributed by atoms with Gasteiger partial charge in [0, 0.05) is 17.7 Å². The highest BCUT2D eigenvalue weighted by Crippen LogP contribution is 2.35. The van der Waals surface area contributed by atoms with Crippen molar-refractivity contribution < 1.29 is 9.53 Å². The van der Waals surface area contributed by atoms with Crippen LogP contribution in [0.5, 0.6) is 0 Å². The zero-order valence-electron chi connectivity index (χ0n) is 13.5. The van der Waals surface area contributed by atoms with E-state index < -0.39 is 0 Å². The second-order valence-electron chi connectivity index (χ2n) is 5.53. The Morgan fingerprint density at radius 1 is 1.39 bits per heavy atom. The number of carbonyl (C=O) groups excluding carboxylic acids is 1. The average Bonchev–Trinajstić information content (AvgIpc) is 3.16. The second-order valence-corrected chi connectivity index (χ2v) is 7.62. The van der Waals surface area contributed by atoms with Gasteiger partial charge in [0.2, 0.25) is 0 Å². The van der Waals surface area contributed by atoms with Gasteiger partial charge in [-0.05, 0) is 45.3 Å². The summed E-state index contributed by atoms with van der Waals surface area (Å²) in [6, 6.07) is 0. The van der Waals surface area contributed by atoms with E-state index in [-0.39, 0.29) is 5.97 Å². The van der Waals surface area contributed by atoms with Crippen LogP contribution in [0.1, 0.15) is 35.0 Å². The molecule has 1 saturated heterocycles. The molecule has 0 N–H and O–H groups in total. The minimum absolute atomic E-state index is 0.263. The Labute approximate surface area is 144 Å². The quantitative estimate of drug-likeness (QED) is 0.452. The maximum atomic E-state index is 12.1. The van der Waals surface area contributed by atoms with Crippen LogP contribution < -0.4 is 0 Å². The normalized spacial score (nSPS) is 15.4. The first-order chi connectivity index (χ1) is 11.2. The van der Waals surface area contributed by atoms with Crippen molar-refractivity contribution in [2.75, 3.05) is 32.0 Å². The summed E-state index contributed by atoms with van der Waals surface area (Å²) in [5, 5.41) is 1.98. The fraction of sp³-hybridized carbons (Fsp3) is 0.562. The predicted molar refractivity (Wildman–Crippen MR) is 94.5 cm³/mol. The van der Waals surface area contributed by atoms with Crippen LogP contribution in [-0.2, 0) is 4.74 Å². The molecule has 1 aliphatic heterocycles. The molecule has 0 bridgehead atoms. The Hall–Kier alpha value is -1.18. The fourth-order valence-corrected chi connectivity index (χ4v) is 4.98. The SMILES string of the molecule is CCOC(=O)c1sc2ncnc(SCCN3CCCC3)c2c1C. The lowest BCUT2D eigenvalue weighted by atomic mass is 10.2. The molecule has 1 aliphatic rings. The molecule has 0 unspecified atom stereocenters. The van der Waals surface area contributed by atoms with Crippen LogP contribution in [0.2, 0.25) is 0 Å². The molecule has 1 fully saturated rings. The van der Waals surface area contributed by atoms with Gasteiger partial charge in [-0.1, -0.05) is 0 Å². The van der Waals surface area contributed by atoms with E-state index in [0.717, 1.165) is 33.1 Å². The maximum Gasteiger partial charge on any atom is 0.348 e. The third kappa shape index (κ3) is 3.67. The van der Waals surface area contributed by atoms with E-state index in [0.29, 0.717) is 11.5 Å². The number of thioether (sulfide) groups is 1. The van der Waals surface area contributed by atoms with Crippen LogP contribution in [0.25, 0.3) is 10.2 Å². The number of thiophene rings is 1. The standard InChI is InChI=1S/C16H21N3O2S2/c1-3-21-16(20)13-11(2)12-14(17-10-18-15(12)23-13)22-9-8-19-6-4-5-7-19/h10H,3-9H2,1-2H3. The summed E-state index contributed by atoms with van der Waals surface area (Å²) >= 11 is 3.15. The molecule has 124 valence electrons. The van der Waals surface area contributed by atoms with Crippen LogP contribution in [-0.4, -0.2) is 52.8 Å². The number of rotatable bonds is 6. The molecule has 2 aromatic rings. The van der Waals surface area contributed by atoms with Crippen LogP contribution in [0.4, 0.5) is 0 Å². The number of nitrogens with zero attached hydrogens (tertiary/aromatic N) is 3. The Morgan fingerprint density at radius 3 is 2.91 bits per heavy atom. The van der Waals surface area contributed by atoms with Crippen molar-refractivity contribution in [1.82, 2.24) is 14.9 Å². The minimum Gasteiger partial charge on any atom is -0.462 e. The van der Waals surface area contributed by atoms with E-state index in [4.69, 9.17) is 4.74 Å². The van der Waals surface area contributed by atoms with Crippen LogP contribution in [0.15, 0.2) is 11.4 Å². The number of hydrogen-bond donors (Lipinski definition) is 0. The molecule has 23 heavy (non-hydrogen) atoms.